The summed E-state index contributed by atoms with van der Waals surface area (Å²) in [5.41, 5.74) is 9.64. The molecule has 0 fully saturated rings. The molecule has 0 heterocycles. The van der Waals surface area contributed by atoms with Gasteiger partial charge in [0.2, 0.25) is 0 Å². The molecule has 0 aromatic heterocycles. The van der Waals surface area contributed by atoms with Gasteiger partial charge in [-0.05, 0) is 6.92 Å². The van der Waals surface area contributed by atoms with Crippen LogP contribution in [0.25, 0.3) is 0 Å². The topological polar surface area (TPSA) is 122 Å². The number of hydrogen-bond acceptors (Lipinski definition) is 3. The maximum absolute atomic E-state index is 9.45. The summed E-state index contributed by atoms with van der Waals surface area (Å²) in [4.78, 5) is 12.8. The lowest BCUT2D eigenvalue weighted by atomic mass is 10.4. The molecule has 0 bridgehead atoms. The molecule has 0 rings (SSSR count). The molecule has 0 saturated heterocycles. The normalized spacial score (nSPS) is 10.5. The first-order valence-electron chi connectivity index (χ1n) is 2.80. The van der Waals surface area contributed by atoms with Gasteiger partial charge in [0.15, 0.2) is 5.96 Å². The SMILES string of the molecule is CC(O)C(=O)O.CN=C(N)N. The number of aliphatic hydroxyl groups excluding tert-OH is 1. The van der Waals surface area contributed by atoms with Crippen molar-refractivity contribution in [3.8, 4) is 0 Å². The fraction of sp³-hybridized carbons (Fsp3) is 0.600. The Kier molecular flexibility index (Phi) is 7.67. The second-order valence-electron chi connectivity index (χ2n) is 1.66. The summed E-state index contributed by atoms with van der Waals surface area (Å²) in [6, 6.07) is 0. The van der Waals surface area contributed by atoms with Gasteiger partial charge in [0.25, 0.3) is 0 Å². The highest BCUT2D eigenvalue weighted by Gasteiger charge is 2.01. The molecule has 0 amide bonds. The Morgan fingerprint density at radius 2 is 1.73 bits per heavy atom. The summed E-state index contributed by atoms with van der Waals surface area (Å²) in [7, 11) is 1.54. The number of aliphatic imine (C=N–C) groups is 1. The molecular weight excluding hydrogens is 150 g/mol. The van der Waals surface area contributed by atoms with Crippen molar-refractivity contribution in [1.82, 2.24) is 0 Å². The summed E-state index contributed by atoms with van der Waals surface area (Å²) >= 11 is 0. The van der Waals surface area contributed by atoms with Crippen LogP contribution < -0.4 is 11.5 Å². The van der Waals surface area contributed by atoms with Gasteiger partial charge in [0.05, 0.1) is 0 Å². The van der Waals surface area contributed by atoms with E-state index in [1.54, 1.807) is 0 Å². The van der Waals surface area contributed by atoms with Crippen LogP contribution in [0, 0.1) is 0 Å². The maximum atomic E-state index is 9.45. The second-order valence-corrected chi connectivity index (χ2v) is 1.66. The standard InChI is InChI=1S/C3H6O3.C2H7N3/c1-2(4)3(5)6;1-5-2(3)4/h2,4H,1H3,(H,5,6);1H3,(H4,3,4,5). The van der Waals surface area contributed by atoms with E-state index in [1.165, 1.54) is 14.0 Å². The summed E-state index contributed by atoms with van der Waals surface area (Å²) in [5.74, 6) is -1.06. The molecule has 0 aliphatic rings. The molecule has 1 atom stereocenters. The van der Waals surface area contributed by atoms with E-state index in [9.17, 15) is 4.79 Å². The smallest absolute Gasteiger partial charge is 0.332 e. The number of aliphatic hydroxyl groups is 1. The van der Waals surface area contributed by atoms with Crippen molar-refractivity contribution in [2.24, 2.45) is 16.5 Å². The van der Waals surface area contributed by atoms with Gasteiger partial charge in [-0.15, -0.1) is 0 Å². The number of carbonyl (C=O) groups is 1. The van der Waals surface area contributed by atoms with Gasteiger partial charge in [0, 0.05) is 7.05 Å². The lowest BCUT2D eigenvalue weighted by Crippen LogP contribution is -2.21. The molecule has 0 spiro atoms. The fourth-order valence-electron chi connectivity index (χ4n) is 0. The van der Waals surface area contributed by atoms with E-state index in [1.807, 2.05) is 0 Å². The zero-order chi connectivity index (χ0) is 9.44. The maximum Gasteiger partial charge on any atom is 0.332 e. The minimum atomic E-state index is -1.23. The van der Waals surface area contributed by atoms with Gasteiger partial charge in [-0.3, -0.25) is 4.99 Å². The van der Waals surface area contributed by atoms with Gasteiger partial charge in [-0.1, -0.05) is 0 Å². The van der Waals surface area contributed by atoms with Crippen molar-refractivity contribution in [3.63, 3.8) is 0 Å². The van der Waals surface area contributed by atoms with E-state index in [-0.39, 0.29) is 5.96 Å². The molecular formula is C5H13N3O3. The third-order valence-corrected chi connectivity index (χ3v) is 0.616. The molecule has 0 aromatic rings. The predicted octanol–water partition coefficient (Wildman–Crippen LogP) is -1.66. The third kappa shape index (κ3) is 17.7. The fourth-order valence-corrected chi connectivity index (χ4v) is 0. The molecule has 0 radical (unpaired) electrons. The zero-order valence-electron chi connectivity index (χ0n) is 6.48. The van der Waals surface area contributed by atoms with Gasteiger partial charge < -0.3 is 21.7 Å². The molecule has 0 aliphatic carbocycles. The first kappa shape index (κ1) is 12.4. The van der Waals surface area contributed by atoms with E-state index in [0.717, 1.165) is 0 Å². The van der Waals surface area contributed by atoms with Crippen molar-refractivity contribution in [1.29, 1.82) is 0 Å². The number of carboxylic acid groups (broad SMARTS) is 1. The van der Waals surface area contributed by atoms with Gasteiger partial charge in [0.1, 0.15) is 6.10 Å². The van der Waals surface area contributed by atoms with E-state index in [2.05, 4.69) is 4.99 Å². The first-order valence-corrected chi connectivity index (χ1v) is 2.80. The summed E-state index contributed by atoms with van der Waals surface area (Å²) < 4.78 is 0. The summed E-state index contributed by atoms with van der Waals surface area (Å²) in [5, 5.41) is 15.8. The molecule has 6 nitrogen and oxygen atoms in total. The highest BCUT2D eigenvalue weighted by atomic mass is 16.4. The Morgan fingerprint density at radius 3 is 1.73 bits per heavy atom. The van der Waals surface area contributed by atoms with Crippen LogP contribution in [0.3, 0.4) is 0 Å². The number of hydrogen-bond donors (Lipinski definition) is 4. The van der Waals surface area contributed by atoms with Crippen molar-refractivity contribution < 1.29 is 15.0 Å². The minimum Gasteiger partial charge on any atom is -0.479 e. The van der Waals surface area contributed by atoms with Crippen molar-refractivity contribution in [2.75, 3.05) is 7.05 Å². The second kappa shape index (κ2) is 6.81. The summed E-state index contributed by atoms with van der Waals surface area (Å²) in [6.45, 7) is 1.20. The lowest BCUT2D eigenvalue weighted by Gasteiger charge is -1.89. The molecule has 0 aliphatic heterocycles. The largest absolute Gasteiger partial charge is 0.479 e. The van der Waals surface area contributed by atoms with Crippen LogP contribution in [-0.4, -0.2) is 35.3 Å². The van der Waals surface area contributed by atoms with Crippen LogP contribution in [0.4, 0.5) is 0 Å². The number of nitrogens with two attached hydrogens (primary N) is 2. The highest BCUT2D eigenvalue weighted by molar-refractivity contribution is 5.75. The zero-order valence-corrected chi connectivity index (χ0v) is 6.48. The average molecular weight is 163 g/mol. The molecule has 11 heavy (non-hydrogen) atoms. The molecule has 1 unspecified atom stereocenters. The quantitative estimate of drug-likeness (QED) is 0.272. The minimum absolute atomic E-state index is 0.130. The van der Waals surface area contributed by atoms with Gasteiger partial charge in [-0.2, -0.15) is 0 Å². The number of nitrogens with zero attached hydrogens (tertiary/aromatic N) is 1. The Labute approximate surface area is 64.5 Å². The van der Waals surface area contributed by atoms with Crippen molar-refractivity contribution in [2.45, 2.75) is 13.0 Å². The molecule has 6 N–H and O–H groups in total. The van der Waals surface area contributed by atoms with Gasteiger partial charge in [-0.25, -0.2) is 4.79 Å². The van der Waals surface area contributed by atoms with E-state index in [0.29, 0.717) is 0 Å². The van der Waals surface area contributed by atoms with Crippen molar-refractivity contribution in [3.05, 3.63) is 0 Å². The van der Waals surface area contributed by atoms with Crippen LogP contribution in [0.5, 0.6) is 0 Å². The molecule has 66 valence electrons. The Bertz CT molecular complexity index is 140. The van der Waals surface area contributed by atoms with E-state index < -0.39 is 12.1 Å². The lowest BCUT2D eigenvalue weighted by molar-refractivity contribution is -0.145. The first-order chi connectivity index (χ1) is 4.91. The number of guanidine groups is 1. The predicted molar refractivity (Wildman–Crippen MR) is 41.1 cm³/mol. The van der Waals surface area contributed by atoms with Crippen LogP contribution in [0.1, 0.15) is 6.92 Å². The average Bonchev–Trinajstić information content (AvgIpc) is 1.89. The number of rotatable bonds is 1. The molecule has 6 heteroatoms. The van der Waals surface area contributed by atoms with Crippen LogP contribution >= 0.6 is 0 Å². The Balaban J connectivity index is 0. The highest BCUT2D eigenvalue weighted by Crippen LogP contribution is 1.73. The van der Waals surface area contributed by atoms with Gasteiger partial charge >= 0.3 is 5.97 Å². The summed E-state index contributed by atoms with van der Waals surface area (Å²) in [6.07, 6.45) is -1.23. The Hall–Kier alpha value is -1.30. The van der Waals surface area contributed by atoms with Crippen LogP contribution in [0.2, 0.25) is 0 Å². The third-order valence-electron chi connectivity index (χ3n) is 0.616. The van der Waals surface area contributed by atoms with Crippen molar-refractivity contribution >= 4 is 11.9 Å². The number of carboxylic acids is 1. The van der Waals surface area contributed by atoms with E-state index >= 15 is 0 Å². The monoisotopic (exact) mass is 163 g/mol. The molecule has 0 saturated carbocycles. The van der Waals surface area contributed by atoms with E-state index in [4.69, 9.17) is 21.7 Å². The van der Waals surface area contributed by atoms with Crippen LogP contribution in [0.15, 0.2) is 4.99 Å². The Morgan fingerprint density at radius 1 is 1.55 bits per heavy atom. The van der Waals surface area contributed by atoms with Crippen LogP contribution in [-0.2, 0) is 4.79 Å². The molecule has 0 aromatic carbocycles. The number of aliphatic carboxylic acids is 1.